The van der Waals surface area contributed by atoms with Crippen LogP contribution in [0.2, 0.25) is 0 Å². The first-order valence-corrected chi connectivity index (χ1v) is 13.7. The Bertz CT molecular complexity index is 988. The largest absolute Gasteiger partial charge is 0.459 e. The van der Waals surface area contributed by atoms with Crippen LogP contribution in [-0.2, 0) is 41.9 Å². The fraction of sp³-hybridized carbons (Fsp3) is 0.484. The van der Waals surface area contributed by atoms with Crippen molar-refractivity contribution < 1.29 is 33.8 Å². The van der Waals surface area contributed by atoms with Crippen molar-refractivity contribution in [2.75, 3.05) is 0 Å². The maximum atomic E-state index is 12.5. The minimum Gasteiger partial charge on any atom is -0.459 e. The zero-order chi connectivity index (χ0) is 29.5. The molecule has 0 unspecified atom stereocenters. The second kappa shape index (κ2) is 17.1. The number of carbonyl (C=O) groups excluding carboxylic acids is 4. The van der Waals surface area contributed by atoms with Crippen molar-refractivity contribution in [2.45, 2.75) is 84.8 Å². The molecule has 2 rings (SSSR count). The SMILES string of the molecule is CC(C)[C@H](NC(=O)CCC(O)CCC(=O)N[C@H](C(=O)OCc1ccccc1)C(C)C)C(=O)OCc1ccccc1. The Labute approximate surface area is 236 Å². The first-order valence-electron chi connectivity index (χ1n) is 13.7. The van der Waals surface area contributed by atoms with Gasteiger partial charge in [-0.3, -0.25) is 9.59 Å². The number of hydrogen-bond donors (Lipinski definition) is 3. The van der Waals surface area contributed by atoms with Crippen LogP contribution in [0.4, 0.5) is 0 Å². The van der Waals surface area contributed by atoms with Crippen molar-refractivity contribution in [3.63, 3.8) is 0 Å². The van der Waals surface area contributed by atoms with E-state index in [2.05, 4.69) is 10.6 Å². The summed E-state index contributed by atoms with van der Waals surface area (Å²) < 4.78 is 10.7. The number of aliphatic hydroxyl groups excluding tert-OH is 1. The molecule has 0 spiro atoms. The highest BCUT2D eigenvalue weighted by Gasteiger charge is 2.27. The molecule has 2 atom stereocenters. The Morgan fingerprint density at radius 1 is 0.650 bits per heavy atom. The van der Waals surface area contributed by atoms with E-state index in [1.165, 1.54) is 0 Å². The molecular weight excluding hydrogens is 512 g/mol. The summed E-state index contributed by atoms with van der Waals surface area (Å²) in [7, 11) is 0. The molecule has 0 heterocycles. The molecule has 0 saturated heterocycles. The second-order valence-corrected chi connectivity index (χ2v) is 10.5. The van der Waals surface area contributed by atoms with Crippen molar-refractivity contribution in [2.24, 2.45) is 11.8 Å². The van der Waals surface area contributed by atoms with Crippen molar-refractivity contribution >= 4 is 23.8 Å². The van der Waals surface area contributed by atoms with E-state index < -0.39 is 30.1 Å². The number of amides is 2. The molecule has 2 aromatic rings. The van der Waals surface area contributed by atoms with Crippen LogP contribution in [0.15, 0.2) is 60.7 Å². The molecule has 0 aromatic heterocycles. The standard InChI is InChI=1S/C31H42N2O7/c1-21(2)28(30(37)39-19-23-11-7-5-8-12-23)32-26(35)17-15-25(34)16-18-27(36)33-29(22(3)4)31(38)40-20-24-13-9-6-10-14-24/h5-14,21-22,25,28-29,34H,15-20H2,1-4H3,(H,32,35)(H,33,36)/t28-,29-/m0/s1. The van der Waals surface area contributed by atoms with Gasteiger partial charge in [0.05, 0.1) is 6.10 Å². The zero-order valence-corrected chi connectivity index (χ0v) is 23.8. The van der Waals surface area contributed by atoms with Crippen LogP contribution >= 0.6 is 0 Å². The van der Waals surface area contributed by atoms with Crippen LogP contribution in [0.5, 0.6) is 0 Å². The lowest BCUT2D eigenvalue weighted by Crippen LogP contribution is -2.45. The average molecular weight is 555 g/mol. The Morgan fingerprint density at radius 3 is 1.32 bits per heavy atom. The van der Waals surface area contributed by atoms with Gasteiger partial charge < -0.3 is 25.2 Å². The molecule has 40 heavy (non-hydrogen) atoms. The lowest BCUT2D eigenvalue weighted by molar-refractivity contribution is -0.150. The quantitative estimate of drug-likeness (QED) is 0.270. The maximum absolute atomic E-state index is 12.5. The number of esters is 2. The van der Waals surface area contributed by atoms with E-state index in [1.807, 2.05) is 88.4 Å². The molecular formula is C31H42N2O7. The number of hydrogen-bond acceptors (Lipinski definition) is 7. The van der Waals surface area contributed by atoms with E-state index >= 15 is 0 Å². The highest BCUT2D eigenvalue weighted by Crippen LogP contribution is 2.11. The average Bonchev–Trinajstić information content (AvgIpc) is 2.94. The second-order valence-electron chi connectivity index (χ2n) is 10.5. The molecule has 0 aliphatic heterocycles. The van der Waals surface area contributed by atoms with Gasteiger partial charge in [0, 0.05) is 12.8 Å². The summed E-state index contributed by atoms with van der Waals surface area (Å²) in [4.78, 5) is 50.0. The third-order valence-electron chi connectivity index (χ3n) is 6.33. The number of carbonyl (C=O) groups is 4. The third kappa shape index (κ3) is 12.0. The van der Waals surface area contributed by atoms with Crippen molar-refractivity contribution in [1.29, 1.82) is 0 Å². The van der Waals surface area contributed by atoms with E-state index in [-0.39, 0.29) is 62.5 Å². The third-order valence-corrected chi connectivity index (χ3v) is 6.33. The molecule has 0 radical (unpaired) electrons. The smallest absolute Gasteiger partial charge is 0.329 e. The molecule has 9 nitrogen and oxygen atoms in total. The van der Waals surface area contributed by atoms with E-state index in [9.17, 15) is 24.3 Å². The summed E-state index contributed by atoms with van der Waals surface area (Å²) in [6.45, 7) is 7.46. The molecule has 0 aliphatic carbocycles. The minimum atomic E-state index is -0.901. The van der Waals surface area contributed by atoms with E-state index in [1.54, 1.807) is 0 Å². The normalized spacial score (nSPS) is 12.6. The highest BCUT2D eigenvalue weighted by atomic mass is 16.5. The lowest BCUT2D eigenvalue weighted by atomic mass is 10.0. The van der Waals surface area contributed by atoms with Gasteiger partial charge in [0.1, 0.15) is 25.3 Å². The predicted octanol–water partition coefficient (Wildman–Crippen LogP) is 3.68. The molecule has 0 saturated carbocycles. The summed E-state index contributed by atoms with van der Waals surface area (Å²) in [5, 5.41) is 15.7. The van der Waals surface area contributed by atoms with E-state index in [0.29, 0.717) is 0 Å². The summed E-state index contributed by atoms with van der Waals surface area (Å²) in [6, 6.07) is 16.9. The van der Waals surface area contributed by atoms with Gasteiger partial charge >= 0.3 is 11.9 Å². The fourth-order valence-electron chi connectivity index (χ4n) is 3.86. The number of aliphatic hydroxyl groups is 1. The summed E-state index contributed by atoms with van der Waals surface area (Å²) in [5.74, 6) is -2.19. The molecule has 3 N–H and O–H groups in total. The molecule has 0 fully saturated rings. The van der Waals surface area contributed by atoms with E-state index in [0.717, 1.165) is 11.1 Å². The fourth-order valence-corrected chi connectivity index (χ4v) is 3.86. The molecule has 2 amide bonds. The molecule has 218 valence electrons. The Morgan fingerprint density at radius 2 is 1.00 bits per heavy atom. The summed E-state index contributed by atoms with van der Waals surface area (Å²) in [5.41, 5.74) is 1.70. The van der Waals surface area contributed by atoms with Crippen LogP contribution in [-0.4, -0.2) is 47.0 Å². The van der Waals surface area contributed by atoms with Gasteiger partial charge in [-0.1, -0.05) is 88.4 Å². The minimum absolute atomic E-state index is 0.0155. The number of rotatable bonds is 16. The first kappa shape index (κ1) is 32.5. The van der Waals surface area contributed by atoms with Crippen LogP contribution in [0.3, 0.4) is 0 Å². The van der Waals surface area contributed by atoms with Crippen LogP contribution < -0.4 is 10.6 Å². The van der Waals surface area contributed by atoms with Gasteiger partial charge in [0.25, 0.3) is 0 Å². The Balaban J connectivity index is 1.73. The highest BCUT2D eigenvalue weighted by molar-refractivity contribution is 5.85. The van der Waals surface area contributed by atoms with Crippen LogP contribution in [0.25, 0.3) is 0 Å². The van der Waals surface area contributed by atoms with Crippen LogP contribution in [0, 0.1) is 11.8 Å². The van der Waals surface area contributed by atoms with Crippen molar-refractivity contribution in [1.82, 2.24) is 10.6 Å². The monoisotopic (exact) mass is 554 g/mol. The molecule has 9 heteroatoms. The van der Waals surface area contributed by atoms with Gasteiger partial charge in [0.2, 0.25) is 11.8 Å². The molecule has 0 bridgehead atoms. The van der Waals surface area contributed by atoms with Gasteiger partial charge in [-0.15, -0.1) is 0 Å². The number of benzene rings is 2. The van der Waals surface area contributed by atoms with Crippen LogP contribution in [0.1, 0.15) is 64.5 Å². The maximum Gasteiger partial charge on any atom is 0.329 e. The summed E-state index contributed by atoms with van der Waals surface area (Å²) >= 11 is 0. The van der Waals surface area contributed by atoms with Crippen molar-refractivity contribution in [3.05, 3.63) is 71.8 Å². The van der Waals surface area contributed by atoms with Gasteiger partial charge in [-0.05, 0) is 35.8 Å². The predicted molar refractivity (Wildman–Crippen MR) is 150 cm³/mol. The summed E-state index contributed by atoms with van der Waals surface area (Å²) in [6.07, 6.45) is -0.691. The molecule has 0 aliphatic rings. The molecule has 2 aromatic carbocycles. The number of nitrogens with one attached hydrogen (secondary N) is 2. The van der Waals surface area contributed by atoms with Gasteiger partial charge in [0.15, 0.2) is 0 Å². The van der Waals surface area contributed by atoms with Gasteiger partial charge in [-0.25, -0.2) is 9.59 Å². The Hall–Kier alpha value is -3.72. The van der Waals surface area contributed by atoms with E-state index in [4.69, 9.17) is 9.47 Å². The Kier molecular flexibility index (Phi) is 13.9. The zero-order valence-electron chi connectivity index (χ0n) is 23.8. The first-order chi connectivity index (χ1) is 19.1. The van der Waals surface area contributed by atoms with Gasteiger partial charge in [-0.2, -0.15) is 0 Å². The lowest BCUT2D eigenvalue weighted by Gasteiger charge is -2.22. The van der Waals surface area contributed by atoms with Crippen molar-refractivity contribution in [3.8, 4) is 0 Å². The number of ether oxygens (including phenoxy) is 2. The topological polar surface area (TPSA) is 131 Å².